The summed E-state index contributed by atoms with van der Waals surface area (Å²) in [7, 11) is 0. The van der Waals surface area contributed by atoms with Gasteiger partial charge in [0.1, 0.15) is 0 Å². The molecule has 96 valence electrons. The van der Waals surface area contributed by atoms with Crippen LogP contribution < -0.4 is 5.73 Å². The van der Waals surface area contributed by atoms with Crippen LogP contribution in [0, 0.1) is 0 Å². The molecule has 3 aromatic carbocycles. The third kappa shape index (κ3) is 2.34. The number of benzene rings is 3. The fraction of sp³-hybridized carbons (Fsp3) is 0.222. The summed E-state index contributed by atoms with van der Waals surface area (Å²) in [5.41, 5.74) is 7.04. The first-order chi connectivity index (χ1) is 9.40. The first-order valence-electron chi connectivity index (χ1n) is 6.99. The van der Waals surface area contributed by atoms with E-state index in [-0.39, 0.29) is 0 Å². The molecule has 3 aromatic rings. The Morgan fingerprint density at radius 1 is 0.737 bits per heavy atom. The SMILES string of the molecule is NCCCCc1cc2ccccc2c2ccccc12. The maximum Gasteiger partial charge on any atom is -0.00772 e. The van der Waals surface area contributed by atoms with E-state index in [1.165, 1.54) is 33.5 Å². The zero-order valence-corrected chi connectivity index (χ0v) is 11.1. The summed E-state index contributed by atoms with van der Waals surface area (Å²) < 4.78 is 0. The van der Waals surface area contributed by atoms with E-state index in [2.05, 4.69) is 54.6 Å². The van der Waals surface area contributed by atoms with Gasteiger partial charge in [0.15, 0.2) is 0 Å². The van der Waals surface area contributed by atoms with Crippen molar-refractivity contribution in [1.29, 1.82) is 0 Å². The van der Waals surface area contributed by atoms with Gasteiger partial charge in [0.05, 0.1) is 0 Å². The van der Waals surface area contributed by atoms with Gasteiger partial charge >= 0.3 is 0 Å². The quantitative estimate of drug-likeness (QED) is 0.542. The molecule has 0 unspecified atom stereocenters. The van der Waals surface area contributed by atoms with Crippen molar-refractivity contribution in [3.05, 3.63) is 60.2 Å². The second-order valence-electron chi connectivity index (χ2n) is 5.05. The monoisotopic (exact) mass is 249 g/mol. The molecule has 1 heteroatoms. The molecule has 0 aliphatic rings. The molecule has 0 bridgehead atoms. The molecule has 0 spiro atoms. The third-order valence-corrected chi connectivity index (χ3v) is 3.75. The molecule has 0 heterocycles. The van der Waals surface area contributed by atoms with E-state index in [0.29, 0.717) is 0 Å². The number of nitrogens with two attached hydrogens (primary N) is 1. The highest BCUT2D eigenvalue weighted by atomic mass is 14.5. The van der Waals surface area contributed by atoms with E-state index in [9.17, 15) is 0 Å². The van der Waals surface area contributed by atoms with E-state index in [0.717, 1.165) is 19.4 Å². The van der Waals surface area contributed by atoms with E-state index < -0.39 is 0 Å². The second kappa shape index (κ2) is 5.41. The maximum atomic E-state index is 5.60. The van der Waals surface area contributed by atoms with Gasteiger partial charge in [-0.1, -0.05) is 54.6 Å². The van der Waals surface area contributed by atoms with Gasteiger partial charge in [-0.3, -0.25) is 0 Å². The summed E-state index contributed by atoms with van der Waals surface area (Å²) in [6, 6.07) is 19.7. The number of hydrogen-bond donors (Lipinski definition) is 1. The highest BCUT2D eigenvalue weighted by Crippen LogP contribution is 2.29. The van der Waals surface area contributed by atoms with E-state index >= 15 is 0 Å². The molecule has 0 aliphatic heterocycles. The Hall–Kier alpha value is -1.86. The van der Waals surface area contributed by atoms with Gasteiger partial charge in [-0.2, -0.15) is 0 Å². The van der Waals surface area contributed by atoms with Crippen LogP contribution in [0.2, 0.25) is 0 Å². The van der Waals surface area contributed by atoms with Gasteiger partial charge in [0, 0.05) is 0 Å². The van der Waals surface area contributed by atoms with Crippen LogP contribution in [0.5, 0.6) is 0 Å². The summed E-state index contributed by atoms with van der Waals surface area (Å²) in [6.07, 6.45) is 3.38. The molecule has 19 heavy (non-hydrogen) atoms. The highest BCUT2D eigenvalue weighted by Gasteiger charge is 2.05. The lowest BCUT2D eigenvalue weighted by Crippen LogP contribution is -1.99. The fourth-order valence-electron chi connectivity index (χ4n) is 2.80. The molecule has 0 saturated heterocycles. The number of aryl methyl sites for hydroxylation is 1. The van der Waals surface area contributed by atoms with E-state index in [4.69, 9.17) is 5.73 Å². The number of fused-ring (bicyclic) bond motifs is 3. The van der Waals surface area contributed by atoms with Crippen molar-refractivity contribution < 1.29 is 0 Å². The van der Waals surface area contributed by atoms with Crippen molar-refractivity contribution in [3.63, 3.8) is 0 Å². The zero-order chi connectivity index (χ0) is 13.1. The maximum absolute atomic E-state index is 5.60. The molecular weight excluding hydrogens is 230 g/mol. The minimum absolute atomic E-state index is 0.783. The first-order valence-corrected chi connectivity index (χ1v) is 6.99. The van der Waals surface area contributed by atoms with Gasteiger partial charge in [0.2, 0.25) is 0 Å². The fourth-order valence-corrected chi connectivity index (χ4v) is 2.80. The average molecular weight is 249 g/mol. The van der Waals surface area contributed by atoms with Crippen molar-refractivity contribution >= 4 is 21.5 Å². The standard InChI is InChI=1S/C18H19N/c19-12-6-5-8-15-13-14-7-1-2-9-16(14)18-11-4-3-10-17(15)18/h1-4,7,9-11,13H,5-6,8,12,19H2. The van der Waals surface area contributed by atoms with Crippen LogP contribution in [0.4, 0.5) is 0 Å². The summed E-state index contributed by atoms with van der Waals surface area (Å²) in [4.78, 5) is 0. The van der Waals surface area contributed by atoms with Crippen molar-refractivity contribution in [1.82, 2.24) is 0 Å². The van der Waals surface area contributed by atoms with Crippen LogP contribution in [0.3, 0.4) is 0 Å². The highest BCUT2D eigenvalue weighted by molar-refractivity contribution is 6.08. The molecule has 0 saturated carbocycles. The average Bonchev–Trinajstić information content (AvgIpc) is 2.47. The van der Waals surface area contributed by atoms with E-state index in [1.54, 1.807) is 0 Å². The van der Waals surface area contributed by atoms with Crippen molar-refractivity contribution in [2.75, 3.05) is 6.54 Å². The molecule has 3 rings (SSSR count). The van der Waals surface area contributed by atoms with Crippen LogP contribution >= 0.6 is 0 Å². The Morgan fingerprint density at radius 2 is 1.42 bits per heavy atom. The molecule has 1 nitrogen and oxygen atoms in total. The molecule has 0 aromatic heterocycles. The predicted octanol–water partition coefficient (Wildman–Crippen LogP) is 4.27. The van der Waals surface area contributed by atoms with Crippen molar-refractivity contribution in [3.8, 4) is 0 Å². The summed E-state index contributed by atoms with van der Waals surface area (Å²) in [5, 5.41) is 5.44. The lowest BCUT2D eigenvalue weighted by Gasteiger charge is -2.10. The lowest BCUT2D eigenvalue weighted by molar-refractivity contribution is 0.748. The van der Waals surface area contributed by atoms with Crippen molar-refractivity contribution in [2.24, 2.45) is 5.73 Å². The molecule has 0 fully saturated rings. The Balaban J connectivity index is 2.18. The Labute approximate surface area is 114 Å². The van der Waals surface area contributed by atoms with Crippen LogP contribution in [-0.4, -0.2) is 6.54 Å². The largest absolute Gasteiger partial charge is 0.330 e. The zero-order valence-electron chi connectivity index (χ0n) is 11.1. The Kier molecular flexibility index (Phi) is 3.47. The molecule has 0 aliphatic carbocycles. The van der Waals surface area contributed by atoms with Crippen molar-refractivity contribution in [2.45, 2.75) is 19.3 Å². The molecular formula is C18H19N. The molecule has 0 atom stereocenters. The van der Waals surface area contributed by atoms with Crippen LogP contribution in [0.25, 0.3) is 21.5 Å². The molecule has 0 radical (unpaired) electrons. The second-order valence-corrected chi connectivity index (χ2v) is 5.05. The lowest BCUT2D eigenvalue weighted by atomic mass is 9.94. The number of rotatable bonds is 4. The number of hydrogen-bond acceptors (Lipinski definition) is 1. The normalized spacial score (nSPS) is 11.2. The van der Waals surface area contributed by atoms with Gasteiger partial charge in [-0.05, 0) is 52.9 Å². The topological polar surface area (TPSA) is 26.0 Å². The Morgan fingerprint density at radius 3 is 2.21 bits per heavy atom. The van der Waals surface area contributed by atoms with Gasteiger partial charge in [-0.15, -0.1) is 0 Å². The number of unbranched alkanes of at least 4 members (excludes halogenated alkanes) is 1. The van der Waals surface area contributed by atoms with E-state index in [1.807, 2.05) is 0 Å². The van der Waals surface area contributed by atoms with Gasteiger partial charge in [0.25, 0.3) is 0 Å². The summed E-state index contributed by atoms with van der Waals surface area (Å²) in [5.74, 6) is 0. The van der Waals surface area contributed by atoms with Crippen LogP contribution in [0.15, 0.2) is 54.6 Å². The first kappa shape index (κ1) is 12.2. The minimum atomic E-state index is 0.783. The molecule has 2 N–H and O–H groups in total. The van der Waals surface area contributed by atoms with Gasteiger partial charge < -0.3 is 5.73 Å². The Bertz CT molecular complexity index is 700. The molecule has 0 amide bonds. The van der Waals surface area contributed by atoms with Crippen LogP contribution in [-0.2, 0) is 6.42 Å². The minimum Gasteiger partial charge on any atom is -0.330 e. The van der Waals surface area contributed by atoms with Gasteiger partial charge in [-0.25, -0.2) is 0 Å². The smallest absolute Gasteiger partial charge is 0.00772 e. The summed E-state index contributed by atoms with van der Waals surface area (Å²) in [6.45, 7) is 0.783. The predicted molar refractivity (Wildman–Crippen MR) is 83.4 cm³/mol. The summed E-state index contributed by atoms with van der Waals surface area (Å²) >= 11 is 0. The third-order valence-electron chi connectivity index (χ3n) is 3.75. The van der Waals surface area contributed by atoms with Crippen LogP contribution in [0.1, 0.15) is 18.4 Å².